The zero-order valence-corrected chi connectivity index (χ0v) is 14.1. The molecule has 0 radical (unpaired) electrons. The highest BCUT2D eigenvalue weighted by atomic mass is 35.5. The summed E-state index contributed by atoms with van der Waals surface area (Å²) in [6.07, 6.45) is 3.32. The highest BCUT2D eigenvalue weighted by molar-refractivity contribution is 7.09. The molecule has 21 heavy (non-hydrogen) atoms. The minimum absolute atomic E-state index is 0. The van der Waals surface area contributed by atoms with Crippen molar-refractivity contribution in [3.63, 3.8) is 0 Å². The number of nitrogens with two attached hydrogens (primary N) is 1. The maximum Gasteiger partial charge on any atom is 0.252 e. The molecule has 2 aromatic rings. The summed E-state index contributed by atoms with van der Waals surface area (Å²) in [6, 6.07) is 3.37. The Hall–Kier alpha value is -1.21. The number of hydrogen-bond donors (Lipinski definition) is 2. The quantitative estimate of drug-likeness (QED) is 0.889. The Kier molecular flexibility index (Phi) is 7.81. The fourth-order valence-electron chi connectivity index (χ4n) is 1.67. The van der Waals surface area contributed by atoms with Crippen molar-refractivity contribution in [2.24, 2.45) is 5.73 Å². The predicted octanol–water partition coefficient (Wildman–Crippen LogP) is 2.51. The van der Waals surface area contributed by atoms with Crippen LogP contribution >= 0.6 is 36.2 Å². The summed E-state index contributed by atoms with van der Waals surface area (Å²) in [6.45, 7) is 4.17. The molecule has 0 aliphatic rings. The maximum atomic E-state index is 12.2. The Balaban J connectivity index is 0.00000200. The molecule has 0 fully saturated rings. The highest BCUT2D eigenvalue weighted by Crippen LogP contribution is 2.22. The van der Waals surface area contributed by atoms with Gasteiger partial charge in [0.2, 0.25) is 0 Å². The fourth-order valence-corrected chi connectivity index (χ4v) is 2.39. The molecule has 116 valence electrons. The van der Waals surface area contributed by atoms with Gasteiger partial charge in [-0.25, -0.2) is 4.98 Å². The second kappa shape index (κ2) is 8.29. The van der Waals surface area contributed by atoms with Crippen LogP contribution in [-0.2, 0) is 12.1 Å². The number of amides is 1. The zero-order valence-electron chi connectivity index (χ0n) is 11.7. The molecule has 2 rings (SSSR count). The molecule has 0 saturated carbocycles. The van der Waals surface area contributed by atoms with E-state index in [0.29, 0.717) is 17.8 Å². The number of thiazole rings is 1. The Bertz CT molecular complexity index is 575. The third kappa shape index (κ3) is 4.93. The van der Waals surface area contributed by atoms with E-state index >= 15 is 0 Å². The van der Waals surface area contributed by atoms with E-state index in [4.69, 9.17) is 5.73 Å². The van der Waals surface area contributed by atoms with Crippen LogP contribution in [0.25, 0.3) is 0 Å². The molecular weight excluding hydrogens is 331 g/mol. The van der Waals surface area contributed by atoms with Crippen LogP contribution in [0.4, 0.5) is 0 Å². The average molecular weight is 349 g/mol. The van der Waals surface area contributed by atoms with Crippen LogP contribution in [-0.4, -0.2) is 15.9 Å². The van der Waals surface area contributed by atoms with Crippen LogP contribution in [0.2, 0.25) is 0 Å². The number of rotatable bonds is 4. The van der Waals surface area contributed by atoms with E-state index in [1.807, 2.05) is 19.2 Å². The minimum atomic E-state index is -0.503. The van der Waals surface area contributed by atoms with Crippen molar-refractivity contribution in [2.75, 3.05) is 0 Å². The van der Waals surface area contributed by atoms with Crippen LogP contribution in [0.15, 0.2) is 29.9 Å². The SMILES string of the molecule is CC(C)(NC(=O)c1ccnc(CN)c1)c1nccs1.Cl.Cl. The number of nitrogens with one attached hydrogen (secondary N) is 1. The minimum Gasteiger partial charge on any atom is -0.341 e. The summed E-state index contributed by atoms with van der Waals surface area (Å²) in [5, 5.41) is 5.73. The molecule has 8 heteroatoms. The molecule has 3 N–H and O–H groups in total. The Morgan fingerprint density at radius 3 is 2.62 bits per heavy atom. The van der Waals surface area contributed by atoms with E-state index < -0.39 is 5.54 Å². The largest absolute Gasteiger partial charge is 0.341 e. The molecule has 2 aromatic heterocycles. The molecule has 0 aliphatic carbocycles. The van der Waals surface area contributed by atoms with Gasteiger partial charge < -0.3 is 11.1 Å². The first kappa shape index (κ1) is 19.8. The van der Waals surface area contributed by atoms with Gasteiger partial charge in [0.05, 0.1) is 11.2 Å². The number of hydrogen-bond acceptors (Lipinski definition) is 5. The summed E-state index contributed by atoms with van der Waals surface area (Å²) >= 11 is 1.52. The van der Waals surface area contributed by atoms with Gasteiger partial charge in [0, 0.05) is 29.9 Å². The highest BCUT2D eigenvalue weighted by Gasteiger charge is 2.25. The molecular formula is C13H18Cl2N4OS. The summed E-state index contributed by atoms with van der Waals surface area (Å²) < 4.78 is 0. The van der Waals surface area contributed by atoms with Crippen molar-refractivity contribution in [2.45, 2.75) is 25.9 Å². The van der Waals surface area contributed by atoms with Crippen LogP contribution in [0.1, 0.15) is 34.9 Å². The van der Waals surface area contributed by atoms with Gasteiger partial charge in [0.25, 0.3) is 5.91 Å². The smallest absolute Gasteiger partial charge is 0.252 e. The van der Waals surface area contributed by atoms with Gasteiger partial charge in [-0.1, -0.05) is 0 Å². The molecule has 0 unspecified atom stereocenters. The summed E-state index contributed by atoms with van der Waals surface area (Å²) in [4.78, 5) is 20.5. The molecule has 1 amide bonds. The molecule has 0 aromatic carbocycles. The predicted molar refractivity (Wildman–Crippen MR) is 89.2 cm³/mol. The first-order valence-electron chi connectivity index (χ1n) is 5.90. The average Bonchev–Trinajstić information content (AvgIpc) is 2.93. The van der Waals surface area contributed by atoms with Crippen molar-refractivity contribution in [1.29, 1.82) is 0 Å². The van der Waals surface area contributed by atoms with Gasteiger partial charge in [-0.3, -0.25) is 9.78 Å². The van der Waals surface area contributed by atoms with E-state index in [-0.39, 0.29) is 30.7 Å². The Morgan fingerprint density at radius 1 is 1.33 bits per heavy atom. The Morgan fingerprint density at radius 2 is 2.05 bits per heavy atom. The lowest BCUT2D eigenvalue weighted by molar-refractivity contribution is 0.0911. The number of pyridine rings is 1. The monoisotopic (exact) mass is 348 g/mol. The van der Waals surface area contributed by atoms with Crippen LogP contribution in [0, 0.1) is 0 Å². The molecule has 0 bridgehead atoms. The normalized spacial score (nSPS) is 10.2. The fraction of sp³-hybridized carbons (Fsp3) is 0.308. The molecule has 5 nitrogen and oxygen atoms in total. The van der Waals surface area contributed by atoms with Gasteiger partial charge in [-0.05, 0) is 26.0 Å². The van der Waals surface area contributed by atoms with E-state index in [0.717, 1.165) is 5.01 Å². The van der Waals surface area contributed by atoms with E-state index in [1.165, 1.54) is 11.3 Å². The molecule has 2 heterocycles. The van der Waals surface area contributed by atoms with Gasteiger partial charge in [-0.15, -0.1) is 36.2 Å². The van der Waals surface area contributed by atoms with Gasteiger partial charge in [-0.2, -0.15) is 0 Å². The van der Waals surface area contributed by atoms with Crippen LogP contribution in [0.3, 0.4) is 0 Å². The third-order valence-electron chi connectivity index (χ3n) is 2.68. The summed E-state index contributed by atoms with van der Waals surface area (Å²) in [5.41, 5.74) is 6.27. The van der Waals surface area contributed by atoms with Crippen molar-refractivity contribution in [1.82, 2.24) is 15.3 Å². The lowest BCUT2D eigenvalue weighted by Crippen LogP contribution is -2.41. The molecule has 0 atom stereocenters. The molecule has 0 aliphatic heterocycles. The standard InChI is InChI=1S/C13H16N4OS.2ClH/c1-13(2,12-16-5-6-19-12)17-11(18)9-3-4-15-10(7-9)8-14;;/h3-7H,8,14H2,1-2H3,(H,17,18);2*1H. The van der Waals surface area contributed by atoms with Gasteiger partial charge in [0.15, 0.2) is 0 Å². The second-order valence-corrected chi connectivity index (χ2v) is 5.55. The van der Waals surface area contributed by atoms with E-state index in [2.05, 4.69) is 15.3 Å². The van der Waals surface area contributed by atoms with Crippen LogP contribution in [0.5, 0.6) is 0 Å². The van der Waals surface area contributed by atoms with Crippen molar-refractivity contribution in [3.05, 3.63) is 46.2 Å². The second-order valence-electron chi connectivity index (χ2n) is 4.66. The lowest BCUT2D eigenvalue weighted by atomic mass is 10.1. The van der Waals surface area contributed by atoms with Gasteiger partial charge >= 0.3 is 0 Å². The number of aromatic nitrogens is 2. The number of nitrogens with zero attached hydrogens (tertiary/aromatic N) is 2. The lowest BCUT2D eigenvalue weighted by Gasteiger charge is -2.23. The zero-order chi connectivity index (χ0) is 13.9. The summed E-state index contributed by atoms with van der Waals surface area (Å²) in [5.74, 6) is -0.155. The van der Waals surface area contributed by atoms with Crippen molar-refractivity contribution >= 4 is 42.1 Å². The topological polar surface area (TPSA) is 80.9 Å². The van der Waals surface area contributed by atoms with E-state index in [9.17, 15) is 4.79 Å². The number of halogens is 2. The molecule has 0 saturated heterocycles. The first-order valence-corrected chi connectivity index (χ1v) is 6.78. The van der Waals surface area contributed by atoms with Crippen molar-refractivity contribution < 1.29 is 4.79 Å². The van der Waals surface area contributed by atoms with E-state index in [1.54, 1.807) is 24.5 Å². The number of carbonyl (C=O) groups excluding carboxylic acids is 1. The van der Waals surface area contributed by atoms with Crippen LogP contribution < -0.4 is 11.1 Å². The number of carbonyl (C=O) groups is 1. The van der Waals surface area contributed by atoms with Crippen molar-refractivity contribution in [3.8, 4) is 0 Å². The van der Waals surface area contributed by atoms with Gasteiger partial charge in [0.1, 0.15) is 5.01 Å². The Labute approximate surface area is 140 Å². The summed E-state index contributed by atoms with van der Waals surface area (Å²) in [7, 11) is 0. The first-order chi connectivity index (χ1) is 9.03. The third-order valence-corrected chi connectivity index (χ3v) is 3.78. The molecule has 0 spiro atoms. The maximum absolute atomic E-state index is 12.2.